The Labute approximate surface area is 137 Å². The molecule has 0 bridgehead atoms. The van der Waals surface area contributed by atoms with Gasteiger partial charge >= 0.3 is 6.18 Å². The Hall–Kier alpha value is -2.16. The highest BCUT2D eigenvalue weighted by Gasteiger charge is 2.34. The Kier molecular flexibility index (Phi) is 4.44. The SMILES string of the molecule is CN(c1cc(C(F)(F)F)ncn1)C1CCN(Cc2ccnn2C)C1. The molecule has 130 valence electrons. The second kappa shape index (κ2) is 6.39. The number of hydrogen-bond acceptors (Lipinski definition) is 5. The molecule has 1 unspecified atom stereocenters. The van der Waals surface area contributed by atoms with E-state index in [2.05, 4.69) is 20.0 Å². The molecule has 1 atom stereocenters. The average molecular weight is 340 g/mol. The zero-order chi connectivity index (χ0) is 17.3. The third-order valence-corrected chi connectivity index (χ3v) is 4.41. The molecule has 1 fully saturated rings. The van der Waals surface area contributed by atoms with Crippen molar-refractivity contribution in [3.63, 3.8) is 0 Å². The van der Waals surface area contributed by atoms with Crippen molar-refractivity contribution in [3.05, 3.63) is 36.0 Å². The summed E-state index contributed by atoms with van der Waals surface area (Å²) < 4.78 is 40.2. The first-order valence-corrected chi connectivity index (χ1v) is 7.66. The lowest BCUT2D eigenvalue weighted by molar-refractivity contribution is -0.141. The summed E-state index contributed by atoms with van der Waals surface area (Å²) >= 11 is 0. The molecular formula is C15H19F3N6. The lowest BCUT2D eigenvalue weighted by atomic mass is 10.2. The molecule has 0 N–H and O–H groups in total. The molecule has 0 aromatic carbocycles. The third-order valence-electron chi connectivity index (χ3n) is 4.41. The highest BCUT2D eigenvalue weighted by atomic mass is 19.4. The minimum atomic E-state index is -4.46. The molecule has 6 nitrogen and oxygen atoms in total. The number of aryl methyl sites for hydroxylation is 1. The maximum absolute atomic E-state index is 12.8. The average Bonchev–Trinajstić information content (AvgIpc) is 3.16. The first-order chi connectivity index (χ1) is 11.3. The monoisotopic (exact) mass is 340 g/mol. The topological polar surface area (TPSA) is 50.1 Å². The lowest BCUT2D eigenvalue weighted by Gasteiger charge is -2.26. The summed E-state index contributed by atoms with van der Waals surface area (Å²) in [5.41, 5.74) is 0.198. The number of anilines is 1. The van der Waals surface area contributed by atoms with Crippen LogP contribution < -0.4 is 4.90 Å². The number of alkyl halides is 3. The van der Waals surface area contributed by atoms with E-state index in [1.165, 1.54) is 0 Å². The highest BCUT2D eigenvalue weighted by molar-refractivity contribution is 5.40. The number of rotatable bonds is 4. The highest BCUT2D eigenvalue weighted by Crippen LogP contribution is 2.29. The minimum Gasteiger partial charge on any atom is -0.355 e. The predicted octanol–water partition coefficient (Wildman–Crippen LogP) is 1.94. The Balaban J connectivity index is 1.66. The molecule has 0 aliphatic carbocycles. The summed E-state index contributed by atoms with van der Waals surface area (Å²) in [6.45, 7) is 2.43. The van der Waals surface area contributed by atoms with Crippen LogP contribution in [0.4, 0.5) is 19.0 Å². The maximum Gasteiger partial charge on any atom is 0.433 e. The number of likely N-dealkylation sites (N-methyl/N-ethyl adjacent to an activating group) is 1. The molecule has 24 heavy (non-hydrogen) atoms. The van der Waals surface area contributed by atoms with Crippen molar-refractivity contribution in [1.29, 1.82) is 0 Å². The molecule has 2 aromatic heterocycles. The first-order valence-electron chi connectivity index (χ1n) is 7.66. The van der Waals surface area contributed by atoms with Gasteiger partial charge in [0.25, 0.3) is 0 Å². The van der Waals surface area contributed by atoms with Crippen molar-refractivity contribution >= 4 is 5.82 Å². The summed E-state index contributed by atoms with van der Waals surface area (Å²) in [6.07, 6.45) is -0.856. The molecule has 1 saturated heterocycles. The summed E-state index contributed by atoms with van der Waals surface area (Å²) in [6, 6.07) is 3.09. The molecule has 2 aromatic rings. The van der Waals surface area contributed by atoms with Gasteiger partial charge < -0.3 is 4.90 Å². The fourth-order valence-corrected chi connectivity index (χ4v) is 2.94. The third kappa shape index (κ3) is 3.50. The number of halogens is 3. The van der Waals surface area contributed by atoms with Crippen LogP contribution in [0.15, 0.2) is 24.7 Å². The molecule has 0 spiro atoms. The van der Waals surface area contributed by atoms with Gasteiger partial charge in [0, 0.05) is 52.0 Å². The van der Waals surface area contributed by atoms with Crippen molar-refractivity contribution in [2.24, 2.45) is 7.05 Å². The molecule has 1 aliphatic rings. The van der Waals surface area contributed by atoms with E-state index in [0.29, 0.717) is 5.82 Å². The standard InChI is InChI=1S/C15H19F3N6/c1-22(14-7-13(15(16,17)18)19-10-20-14)11-4-6-24(8-11)9-12-3-5-21-23(12)2/h3,5,7,10-11H,4,6,8-9H2,1-2H3. The smallest absolute Gasteiger partial charge is 0.355 e. The van der Waals surface area contributed by atoms with Gasteiger partial charge in [0.2, 0.25) is 0 Å². The normalized spacial score (nSPS) is 19.0. The van der Waals surface area contributed by atoms with Gasteiger partial charge in [-0.2, -0.15) is 18.3 Å². The Bertz CT molecular complexity index is 699. The molecule has 0 radical (unpaired) electrons. The van der Waals surface area contributed by atoms with Crippen molar-refractivity contribution in [1.82, 2.24) is 24.6 Å². The van der Waals surface area contributed by atoms with Crippen LogP contribution in [-0.2, 0) is 19.8 Å². The van der Waals surface area contributed by atoms with E-state index in [0.717, 1.165) is 44.1 Å². The second-order valence-corrected chi connectivity index (χ2v) is 5.99. The molecule has 9 heteroatoms. The molecule has 3 rings (SSSR count). The Morgan fingerprint density at radius 3 is 2.79 bits per heavy atom. The lowest BCUT2D eigenvalue weighted by Crippen LogP contribution is -2.35. The zero-order valence-corrected chi connectivity index (χ0v) is 13.5. The van der Waals surface area contributed by atoms with Crippen LogP contribution in [0.5, 0.6) is 0 Å². The number of nitrogens with zero attached hydrogens (tertiary/aromatic N) is 6. The van der Waals surface area contributed by atoms with Crippen LogP contribution in [0.1, 0.15) is 17.8 Å². The number of hydrogen-bond donors (Lipinski definition) is 0. The number of aromatic nitrogens is 4. The maximum atomic E-state index is 12.8. The largest absolute Gasteiger partial charge is 0.433 e. The van der Waals surface area contributed by atoms with Crippen molar-refractivity contribution in [2.75, 3.05) is 25.0 Å². The van der Waals surface area contributed by atoms with E-state index in [-0.39, 0.29) is 6.04 Å². The van der Waals surface area contributed by atoms with Crippen molar-refractivity contribution in [3.8, 4) is 0 Å². The van der Waals surface area contributed by atoms with Crippen LogP contribution >= 0.6 is 0 Å². The molecule has 0 amide bonds. The summed E-state index contributed by atoms with van der Waals surface area (Å²) in [5, 5.41) is 4.15. The fraction of sp³-hybridized carbons (Fsp3) is 0.533. The van der Waals surface area contributed by atoms with Gasteiger partial charge in [-0.05, 0) is 12.5 Å². The van der Waals surface area contributed by atoms with E-state index in [4.69, 9.17) is 0 Å². The van der Waals surface area contributed by atoms with E-state index in [1.54, 1.807) is 18.1 Å². The van der Waals surface area contributed by atoms with Gasteiger partial charge in [-0.15, -0.1) is 0 Å². The van der Waals surface area contributed by atoms with E-state index < -0.39 is 11.9 Å². The van der Waals surface area contributed by atoms with E-state index in [1.807, 2.05) is 17.8 Å². The summed E-state index contributed by atoms with van der Waals surface area (Å²) in [7, 11) is 3.68. The molecule has 0 saturated carbocycles. The minimum absolute atomic E-state index is 0.120. The van der Waals surface area contributed by atoms with Crippen LogP contribution in [0, 0.1) is 0 Å². The quantitative estimate of drug-likeness (QED) is 0.851. The van der Waals surface area contributed by atoms with Gasteiger partial charge in [0.05, 0.1) is 5.69 Å². The van der Waals surface area contributed by atoms with Gasteiger partial charge in [-0.1, -0.05) is 0 Å². The van der Waals surface area contributed by atoms with Crippen LogP contribution in [-0.4, -0.2) is 50.8 Å². The van der Waals surface area contributed by atoms with Gasteiger partial charge in [0.15, 0.2) is 0 Å². The molecule has 3 heterocycles. The second-order valence-electron chi connectivity index (χ2n) is 5.99. The Morgan fingerprint density at radius 1 is 1.33 bits per heavy atom. The Morgan fingerprint density at radius 2 is 2.12 bits per heavy atom. The van der Waals surface area contributed by atoms with E-state index >= 15 is 0 Å². The first kappa shape index (κ1) is 16.7. The van der Waals surface area contributed by atoms with E-state index in [9.17, 15) is 13.2 Å². The van der Waals surface area contributed by atoms with Crippen molar-refractivity contribution in [2.45, 2.75) is 25.2 Å². The molecule has 1 aliphatic heterocycles. The van der Waals surface area contributed by atoms with Gasteiger partial charge in [0.1, 0.15) is 17.8 Å². The van der Waals surface area contributed by atoms with Crippen molar-refractivity contribution < 1.29 is 13.2 Å². The van der Waals surface area contributed by atoms with Crippen LogP contribution in [0.3, 0.4) is 0 Å². The van der Waals surface area contributed by atoms with Gasteiger partial charge in [-0.25, -0.2) is 9.97 Å². The van der Waals surface area contributed by atoms with Gasteiger partial charge in [-0.3, -0.25) is 9.58 Å². The summed E-state index contributed by atoms with van der Waals surface area (Å²) in [5.74, 6) is 0.296. The molecular weight excluding hydrogens is 321 g/mol. The van der Waals surface area contributed by atoms with Crippen LogP contribution in [0.2, 0.25) is 0 Å². The zero-order valence-electron chi connectivity index (χ0n) is 13.5. The predicted molar refractivity (Wildman–Crippen MR) is 82.3 cm³/mol. The fourth-order valence-electron chi connectivity index (χ4n) is 2.94. The van der Waals surface area contributed by atoms with Crippen LogP contribution in [0.25, 0.3) is 0 Å². The number of likely N-dealkylation sites (tertiary alicyclic amines) is 1. The summed E-state index contributed by atoms with van der Waals surface area (Å²) in [4.78, 5) is 11.4.